The number of rotatable bonds is 12. The van der Waals surface area contributed by atoms with Crippen molar-refractivity contribution in [2.75, 3.05) is 6.61 Å². The number of ether oxygens (including phenoxy) is 2. The first-order valence-corrected chi connectivity index (χ1v) is 10.6. The van der Waals surface area contributed by atoms with E-state index in [2.05, 4.69) is 17.4 Å². The topological polar surface area (TPSA) is 81.7 Å². The molecule has 0 aliphatic carbocycles. The number of benzene rings is 2. The zero-order valence-electron chi connectivity index (χ0n) is 18.4. The highest BCUT2D eigenvalue weighted by atomic mass is 16.5. The van der Waals surface area contributed by atoms with Gasteiger partial charge >= 0.3 is 5.97 Å². The number of amides is 1. The Balaban J connectivity index is 1.61. The molecule has 0 fully saturated rings. The van der Waals surface area contributed by atoms with E-state index in [9.17, 15) is 14.4 Å². The first-order valence-electron chi connectivity index (χ1n) is 10.6. The predicted octanol–water partition coefficient (Wildman–Crippen LogP) is 4.12. The maximum Gasteiger partial charge on any atom is 0.306 e. The molecule has 0 heterocycles. The molecule has 1 amide bonds. The van der Waals surface area contributed by atoms with Crippen molar-refractivity contribution in [2.45, 2.75) is 58.6 Å². The number of hydrogen-bond acceptors (Lipinski definition) is 5. The molecule has 0 aliphatic heterocycles. The summed E-state index contributed by atoms with van der Waals surface area (Å²) in [5.74, 6) is -0.0977. The Labute approximate surface area is 183 Å². The molecule has 0 bridgehead atoms. The van der Waals surface area contributed by atoms with Gasteiger partial charge in [-0.05, 0) is 69.9 Å². The number of hydrogen-bond donors (Lipinski definition) is 1. The molecule has 2 atom stereocenters. The van der Waals surface area contributed by atoms with Crippen LogP contribution in [-0.2, 0) is 20.7 Å². The van der Waals surface area contributed by atoms with E-state index in [-0.39, 0.29) is 24.2 Å². The van der Waals surface area contributed by atoms with Gasteiger partial charge in [-0.25, -0.2) is 0 Å². The van der Waals surface area contributed by atoms with Crippen LogP contribution in [0.4, 0.5) is 0 Å². The molecule has 2 rings (SSSR count). The largest absolute Gasteiger partial charge is 0.494 e. The third-order valence-corrected chi connectivity index (χ3v) is 4.83. The molecule has 0 radical (unpaired) electrons. The molecule has 2 aromatic carbocycles. The molecule has 0 unspecified atom stereocenters. The van der Waals surface area contributed by atoms with Crippen molar-refractivity contribution in [3.63, 3.8) is 0 Å². The lowest BCUT2D eigenvalue weighted by molar-refractivity contribution is -0.155. The van der Waals surface area contributed by atoms with Crippen LogP contribution in [0, 0.1) is 0 Å². The summed E-state index contributed by atoms with van der Waals surface area (Å²) in [6.07, 6.45) is 1.46. The molecule has 0 saturated heterocycles. The Kier molecular flexibility index (Phi) is 9.75. The Morgan fingerprint density at radius 1 is 0.968 bits per heavy atom. The number of carbonyl (C=O) groups is 3. The lowest BCUT2D eigenvalue weighted by atomic mass is 10.1. The minimum absolute atomic E-state index is 0.00181. The second-order valence-corrected chi connectivity index (χ2v) is 7.60. The smallest absolute Gasteiger partial charge is 0.306 e. The monoisotopic (exact) mass is 425 g/mol. The van der Waals surface area contributed by atoms with Gasteiger partial charge < -0.3 is 14.8 Å². The van der Waals surface area contributed by atoms with Gasteiger partial charge in [-0.15, -0.1) is 0 Å². The second kappa shape index (κ2) is 12.5. The molecule has 0 aliphatic rings. The van der Waals surface area contributed by atoms with Gasteiger partial charge in [0, 0.05) is 18.0 Å². The second-order valence-electron chi connectivity index (χ2n) is 7.60. The van der Waals surface area contributed by atoms with E-state index in [1.165, 1.54) is 12.5 Å². The van der Waals surface area contributed by atoms with E-state index >= 15 is 0 Å². The summed E-state index contributed by atoms with van der Waals surface area (Å²) in [5, 5.41) is 2.89. The number of carbonyl (C=O) groups excluding carboxylic acids is 3. The van der Waals surface area contributed by atoms with Crippen LogP contribution in [0.1, 0.15) is 56.0 Å². The van der Waals surface area contributed by atoms with Gasteiger partial charge in [0.1, 0.15) is 5.75 Å². The average molecular weight is 426 g/mol. The SMILES string of the molecule is CC(=O)c1ccc(OCCCC(=O)O[C@H](C)C(=O)N[C@@H](C)CCc2ccccc2)cc1. The third kappa shape index (κ3) is 9.03. The van der Waals surface area contributed by atoms with Crippen molar-refractivity contribution in [1.29, 1.82) is 0 Å². The van der Waals surface area contributed by atoms with E-state index in [1.807, 2.05) is 25.1 Å². The minimum atomic E-state index is -0.841. The highest BCUT2D eigenvalue weighted by Gasteiger charge is 2.19. The molecule has 2 aromatic rings. The summed E-state index contributed by atoms with van der Waals surface area (Å²) in [7, 11) is 0. The van der Waals surface area contributed by atoms with Gasteiger partial charge in [0.05, 0.1) is 6.61 Å². The molecule has 0 spiro atoms. The summed E-state index contributed by atoms with van der Waals surface area (Å²) >= 11 is 0. The molecule has 166 valence electrons. The molecule has 0 aromatic heterocycles. The molecule has 31 heavy (non-hydrogen) atoms. The van der Waals surface area contributed by atoms with Crippen LogP contribution in [0.5, 0.6) is 5.75 Å². The third-order valence-electron chi connectivity index (χ3n) is 4.83. The quantitative estimate of drug-likeness (QED) is 0.314. The van der Waals surface area contributed by atoms with Crippen molar-refractivity contribution in [1.82, 2.24) is 5.32 Å². The number of aryl methyl sites for hydroxylation is 1. The Bertz CT molecular complexity index is 848. The zero-order chi connectivity index (χ0) is 22.6. The van der Waals surface area contributed by atoms with E-state index in [1.54, 1.807) is 31.2 Å². The first kappa shape index (κ1) is 24.1. The highest BCUT2D eigenvalue weighted by Crippen LogP contribution is 2.13. The fourth-order valence-electron chi connectivity index (χ4n) is 2.96. The lowest BCUT2D eigenvalue weighted by Crippen LogP contribution is -2.41. The summed E-state index contributed by atoms with van der Waals surface area (Å²) < 4.78 is 10.8. The van der Waals surface area contributed by atoms with E-state index < -0.39 is 12.1 Å². The standard InChI is InChI=1S/C25H31NO5/c1-18(11-12-21-8-5-4-6-9-21)26-25(29)20(3)31-24(28)10-7-17-30-23-15-13-22(14-16-23)19(2)27/h4-6,8-9,13-16,18,20H,7,10-12,17H2,1-3H3,(H,26,29)/t18-,20+/m0/s1. The van der Waals surface area contributed by atoms with Crippen LogP contribution in [-0.4, -0.2) is 36.4 Å². The van der Waals surface area contributed by atoms with E-state index in [0.717, 1.165) is 12.8 Å². The molecular weight excluding hydrogens is 394 g/mol. The van der Waals surface area contributed by atoms with Crippen molar-refractivity contribution in [3.8, 4) is 5.75 Å². The number of nitrogens with one attached hydrogen (secondary N) is 1. The summed E-state index contributed by atoms with van der Waals surface area (Å²) in [6.45, 7) is 5.36. The zero-order valence-corrected chi connectivity index (χ0v) is 18.4. The average Bonchev–Trinajstić information content (AvgIpc) is 2.76. The van der Waals surface area contributed by atoms with Gasteiger partial charge in [-0.3, -0.25) is 14.4 Å². The van der Waals surface area contributed by atoms with Crippen molar-refractivity contribution >= 4 is 17.7 Å². The summed E-state index contributed by atoms with van der Waals surface area (Å²) in [6, 6.07) is 16.9. The fraction of sp³-hybridized carbons (Fsp3) is 0.400. The van der Waals surface area contributed by atoms with Crippen LogP contribution in [0.15, 0.2) is 54.6 Å². The minimum Gasteiger partial charge on any atom is -0.494 e. The van der Waals surface area contributed by atoms with Crippen molar-refractivity contribution in [3.05, 3.63) is 65.7 Å². The van der Waals surface area contributed by atoms with Gasteiger partial charge in [0.15, 0.2) is 11.9 Å². The molecule has 6 heteroatoms. The van der Waals surface area contributed by atoms with Gasteiger partial charge in [0.2, 0.25) is 0 Å². The van der Waals surface area contributed by atoms with E-state index in [4.69, 9.17) is 9.47 Å². The maximum absolute atomic E-state index is 12.3. The fourth-order valence-corrected chi connectivity index (χ4v) is 2.96. The number of Topliss-reactive ketones (excluding diaryl/α,β-unsaturated/α-hetero) is 1. The Morgan fingerprint density at radius 2 is 1.65 bits per heavy atom. The number of ketones is 1. The highest BCUT2D eigenvalue weighted by molar-refractivity contribution is 5.94. The van der Waals surface area contributed by atoms with Crippen LogP contribution in [0.3, 0.4) is 0 Å². The molecule has 1 N–H and O–H groups in total. The lowest BCUT2D eigenvalue weighted by Gasteiger charge is -2.18. The van der Waals surface area contributed by atoms with Crippen LogP contribution in [0.2, 0.25) is 0 Å². The summed E-state index contributed by atoms with van der Waals surface area (Å²) in [5.41, 5.74) is 1.85. The predicted molar refractivity (Wildman–Crippen MR) is 119 cm³/mol. The summed E-state index contributed by atoms with van der Waals surface area (Å²) in [4.78, 5) is 35.5. The normalized spacial score (nSPS) is 12.5. The molecule has 0 saturated carbocycles. The van der Waals surface area contributed by atoms with Gasteiger partial charge in [-0.1, -0.05) is 30.3 Å². The van der Waals surface area contributed by atoms with E-state index in [0.29, 0.717) is 24.3 Å². The van der Waals surface area contributed by atoms with Gasteiger partial charge in [-0.2, -0.15) is 0 Å². The van der Waals surface area contributed by atoms with Crippen LogP contribution >= 0.6 is 0 Å². The molecule has 6 nitrogen and oxygen atoms in total. The van der Waals surface area contributed by atoms with Crippen LogP contribution in [0.25, 0.3) is 0 Å². The molecular formula is C25H31NO5. The van der Waals surface area contributed by atoms with Crippen molar-refractivity contribution < 1.29 is 23.9 Å². The number of esters is 1. The maximum atomic E-state index is 12.3. The van der Waals surface area contributed by atoms with Gasteiger partial charge in [0.25, 0.3) is 5.91 Å². The van der Waals surface area contributed by atoms with Crippen LogP contribution < -0.4 is 10.1 Å². The van der Waals surface area contributed by atoms with Crippen molar-refractivity contribution in [2.24, 2.45) is 0 Å². The Morgan fingerprint density at radius 3 is 2.29 bits per heavy atom. The Hall–Kier alpha value is -3.15. The first-order chi connectivity index (χ1) is 14.8.